The van der Waals surface area contributed by atoms with E-state index in [2.05, 4.69) is 5.32 Å². The molecule has 5 nitrogen and oxygen atoms in total. The van der Waals surface area contributed by atoms with E-state index in [0.717, 1.165) is 12.1 Å². The molecular formula is C13H20ClFN2O3S. The minimum Gasteiger partial charge on any atom is -0.356 e. The van der Waals surface area contributed by atoms with Gasteiger partial charge >= 0.3 is 0 Å². The highest BCUT2D eigenvalue weighted by Crippen LogP contribution is 2.15. The van der Waals surface area contributed by atoms with Crippen molar-refractivity contribution in [3.05, 3.63) is 30.1 Å². The molecule has 0 aliphatic rings. The van der Waals surface area contributed by atoms with Crippen LogP contribution in [0.5, 0.6) is 0 Å². The number of amides is 1. The molecule has 3 N–H and O–H groups in total. The standard InChI is InChI=1S/C13H19FN2O3S.ClH/c1-10(13(17)16-8-2-7-15)9-20(18,19)12-5-3-11(14)4-6-12;/h3-6,10H,2,7-9,15H2,1H3,(H,16,17);1H. The lowest BCUT2D eigenvalue weighted by molar-refractivity contribution is -0.123. The second-order valence-electron chi connectivity index (χ2n) is 4.57. The Bertz CT molecular complexity index is 549. The molecule has 0 heterocycles. The van der Waals surface area contributed by atoms with Gasteiger partial charge in [-0.25, -0.2) is 12.8 Å². The molecule has 0 aliphatic heterocycles. The summed E-state index contributed by atoms with van der Waals surface area (Å²) in [5.74, 6) is -1.82. The summed E-state index contributed by atoms with van der Waals surface area (Å²) in [7, 11) is -3.60. The lowest BCUT2D eigenvalue weighted by atomic mass is 10.2. The zero-order chi connectivity index (χ0) is 15.2. The fraction of sp³-hybridized carbons (Fsp3) is 0.462. The zero-order valence-electron chi connectivity index (χ0n) is 11.7. The van der Waals surface area contributed by atoms with E-state index >= 15 is 0 Å². The Labute approximate surface area is 130 Å². The van der Waals surface area contributed by atoms with E-state index in [1.54, 1.807) is 6.92 Å². The second-order valence-corrected chi connectivity index (χ2v) is 6.60. The number of rotatable bonds is 7. The van der Waals surface area contributed by atoms with Gasteiger partial charge in [0, 0.05) is 12.5 Å². The van der Waals surface area contributed by atoms with Crippen molar-refractivity contribution in [3.63, 3.8) is 0 Å². The predicted octanol–water partition coefficient (Wildman–Crippen LogP) is 1.12. The van der Waals surface area contributed by atoms with Crippen LogP contribution in [0.25, 0.3) is 0 Å². The Morgan fingerprint density at radius 2 is 1.90 bits per heavy atom. The summed E-state index contributed by atoms with van der Waals surface area (Å²) in [4.78, 5) is 11.7. The molecule has 0 aromatic heterocycles. The normalized spacial score (nSPS) is 12.3. The minimum absolute atomic E-state index is 0. The third-order valence-corrected chi connectivity index (χ3v) is 4.70. The Hall–Kier alpha value is -1.18. The molecule has 0 spiro atoms. The van der Waals surface area contributed by atoms with Crippen LogP contribution in [-0.4, -0.2) is 33.2 Å². The summed E-state index contributed by atoms with van der Waals surface area (Å²) in [6, 6.07) is 4.56. The van der Waals surface area contributed by atoms with Crippen LogP contribution in [0.4, 0.5) is 4.39 Å². The maximum absolute atomic E-state index is 12.8. The predicted molar refractivity (Wildman–Crippen MR) is 81.5 cm³/mol. The van der Waals surface area contributed by atoms with E-state index in [1.807, 2.05) is 0 Å². The average Bonchev–Trinajstić information content (AvgIpc) is 2.38. The fourth-order valence-electron chi connectivity index (χ4n) is 1.63. The van der Waals surface area contributed by atoms with Gasteiger partial charge in [0.1, 0.15) is 5.82 Å². The number of nitrogens with two attached hydrogens (primary N) is 1. The number of carbonyl (C=O) groups is 1. The number of carbonyl (C=O) groups excluding carboxylic acids is 1. The van der Waals surface area contributed by atoms with E-state index in [4.69, 9.17) is 5.73 Å². The molecule has 1 aromatic carbocycles. The van der Waals surface area contributed by atoms with Crippen molar-refractivity contribution in [1.29, 1.82) is 0 Å². The highest BCUT2D eigenvalue weighted by Gasteiger charge is 2.23. The highest BCUT2D eigenvalue weighted by atomic mass is 35.5. The number of hydrogen-bond donors (Lipinski definition) is 2. The quantitative estimate of drug-likeness (QED) is 0.576. The Kier molecular flexibility index (Phi) is 8.46. The van der Waals surface area contributed by atoms with Gasteiger partial charge in [0.25, 0.3) is 0 Å². The topological polar surface area (TPSA) is 89.3 Å². The summed E-state index contributed by atoms with van der Waals surface area (Å²) in [5.41, 5.74) is 5.30. The van der Waals surface area contributed by atoms with Crippen molar-refractivity contribution >= 4 is 28.2 Å². The van der Waals surface area contributed by atoms with Gasteiger partial charge in [-0.15, -0.1) is 12.4 Å². The van der Waals surface area contributed by atoms with Crippen LogP contribution in [0.15, 0.2) is 29.2 Å². The van der Waals surface area contributed by atoms with Crippen molar-refractivity contribution in [3.8, 4) is 0 Å². The van der Waals surface area contributed by atoms with Crippen LogP contribution in [0.1, 0.15) is 13.3 Å². The number of nitrogens with one attached hydrogen (secondary N) is 1. The van der Waals surface area contributed by atoms with E-state index in [9.17, 15) is 17.6 Å². The summed E-state index contributed by atoms with van der Waals surface area (Å²) in [6.07, 6.45) is 0.642. The number of benzene rings is 1. The molecule has 1 atom stereocenters. The third kappa shape index (κ3) is 6.41. The third-order valence-electron chi connectivity index (χ3n) is 2.77. The molecule has 21 heavy (non-hydrogen) atoms. The van der Waals surface area contributed by atoms with Gasteiger partial charge < -0.3 is 11.1 Å². The molecule has 120 valence electrons. The van der Waals surface area contributed by atoms with Crippen LogP contribution in [0, 0.1) is 11.7 Å². The molecule has 0 aliphatic carbocycles. The van der Waals surface area contributed by atoms with Crippen molar-refractivity contribution in [2.24, 2.45) is 11.7 Å². The first-order valence-corrected chi connectivity index (χ1v) is 7.98. The van der Waals surface area contributed by atoms with Crippen LogP contribution < -0.4 is 11.1 Å². The van der Waals surface area contributed by atoms with Gasteiger partial charge in [-0.1, -0.05) is 6.92 Å². The van der Waals surface area contributed by atoms with Crippen molar-refractivity contribution in [2.45, 2.75) is 18.2 Å². The summed E-state index contributed by atoms with van der Waals surface area (Å²) in [5, 5.41) is 2.62. The molecule has 0 saturated carbocycles. The Morgan fingerprint density at radius 3 is 2.43 bits per heavy atom. The monoisotopic (exact) mass is 338 g/mol. The molecule has 1 aromatic rings. The maximum atomic E-state index is 12.8. The van der Waals surface area contributed by atoms with Gasteiger partial charge in [-0.3, -0.25) is 4.79 Å². The summed E-state index contributed by atoms with van der Waals surface area (Å²) in [6.45, 7) is 2.43. The number of halogens is 2. The van der Waals surface area contributed by atoms with Crippen molar-refractivity contribution in [1.82, 2.24) is 5.32 Å². The first kappa shape index (κ1) is 19.8. The highest BCUT2D eigenvalue weighted by molar-refractivity contribution is 7.91. The van der Waals surface area contributed by atoms with E-state index < -0.39 is 21.6 Å². The smallest absolute Gasteiger partial charge is 0.223 e. The zero-order valence-corrected chi connectivity index (χ0v) is 13.3. The lowest BCUT2D eigenvalue weighted by Crippen LogP contribution is -2.34. The van der Waals surface area contributed by atoms with Crippen molar-refractivity contribution in [2.75, 3.05) is 18.8 Å². The van der Waals surface area contributed by atoms with Gasteiger partial charge in [0.05, 0.1) is 10.6 Å². The van der Waals surface area contributed by atoms with Gasteiger partial charge in [0.2, 0.25) is 5.91 Å². The average molecular weight is 339 g/mol. The Morgan fingerprint density at radius 1 is 1.33 bits per heavy atom. The minimum atomic E-state index is -3.60. The number of sulfone groups is 1. The van der Waals surface area contributed by atoms with Crippen molar-refractivity contribution < 1.29 is 17.6 Å². The first-order valence-electron chi connectivity index (χ1n) is 6.33. The van der Waals surface area contributed by atoms with E-state index in [1.165, 1.54) is 12.1 Å². The molecular weight excluding hydrogens is 319 g/mol. The summed E-state index contributed by atoms with van der Waals surface area (Å²) >= 11 is 0. The molecule has 1 unspecified atom stereocenters. The number of hydrogen-bond acceptors (Lipinski definition) is 4. The maximum Gasteiger partial charge on any atom is 0.223 e. The van der Waals surface area contributed by atoms with Crippen LogP contribution in [-0.2, 0) is 14.6 Å². The molecule has 1 rings (SSSR count). The SMILES string of the molecule is CC(CS(=O)(=O)c1ccc(F)cc1)C(=O)NCCCN.Cl. The first-order chi connectivity index (χ1) is 9.36. The largest absolute Gasteiger partial charge is 0.356 e. The van der Waals surface area contributed by atoms with E-state index in [-0.39, 0.29) is 29.0 Å². The van der Waals surface area contributed by atoms with Gasteiger partial charge in [0.15, 0.2) is 9.84 Å². The van der Waals surface area contributed by atoms with Gasteiger partial charge in [-0.2, -0.15) is 0 Å². The lowest BCUT2D eigenvalue weighted by Gasteiger charge is -2.12. The van der Waals surface area contributed by atoms with Gasteiger partial charge in [-0.05, 0) is 37.2 Å². The van der Waals surface area contributed by atoms with E-state index in [0.29, 0.717) is 19.5 Å². The molecule has 0 saturated heterocycles. The molecule has 0 bridgehead atoms. The molecule has 0 fully saturated rings. The van der Waals surface area contributed by atoms with Crippen LogP contribution in [0.3, 0.4) is 0 Å². The molecule has 1 amide bonds. The Balaban J connectivity index is 0.00000400. The molecule has 0 radical (unpaired) electrons. The second kappa shape index (κ2) is 8.96. The van der Waals surface area contributed by atoms with Crippen LogP contribution >= 0.6 is 12.4 Å². The fourth-order valence-corrected chi connectivity index (χ4v) is 3.18. The summed E-state index contributed by atoms with van der Waals surface area (Å²) < 4.78 is 36.9. The molecule has 8 heteroatoms. The van der Waals surface area contributed by atoms with Crippen LogP contribution in [0.2, 0.25) is 0 Å².